The van der Waals surface area contributed by atoms with Gasteiger partial charge in [0.05, 0.1) is 22.9 Å². The third kappa shape index (κ3) is 2.54. The van der Waals surface area contributed by atoms with Gasteiger partial charge in [-0.3, -0.25) is 4.79 Å². The first-order chi connectivity index (χ1) is 14.3. The highest BCUT2D eigenvalue weighted by atomic mass is 16.5. The van der Waals surface area contributed by atoms with Gasteiger partial charge in [0.2, 0.25) is 5.91 Å². The van der Waals surface area contributed by atoms with Crippen molar-refractivity contribution in [1.29, 1.82) is 0 Å². The number of likely N-dealkylation sites (tertiary alicyclic amines) is 1. The fourth-order valence-corrected chi connectivity index (χ4v) is 4.36. The van der Waals surface area contributed by atoms with Crippen LogP contribution in [0.5, 0.6) is 11.5 Å². The minimum Gasteiger partial charge on any atom is -0.457 e. The van der Waals surface area contributed by atoms with Gasteiger partial charge in [0.15, 0.2) is 0 Å². The lowest BCUT2D eigenvalue weighted by atomic mass is 9.85. The summed E-state index contributed by atoms with van der Waals surface area (Å²) in [5.74, 6) is 2.53. The van der Waals surface area contributed by atoms with Crippen molar-refractivity contribution in [3.05, 3.63) is 89.7 Å². The van der Waals surface area contributed by atoms with Crippen LogP contribution in [-0.2, 0) is 4.79 Å². The Morgan fingerprint density at radius 1 is 0.897 bits per heavy atom. The zero-order chi connectivity index (χ0) is 19.4. The first-order valence-electron chi connectivity index (χ1n) is 9.87. The largest absolute Gasteiger partial charge is 0.457 e. The van der Waals surface area contributed by atoms with Crippen molar-refractivity contribution in [1.82, 2.24) is 14.9 Å². The second-order valence-electron chi connectivity index (χ2n) is 7.69. The molecule has 1 amide bonds. The molecule has 5 heteroatoms. The van der Waals surface area contributed by atoms with Crippen molar-refractivity contribution in [2.45, 2.75) is 11.8 Å². The van der Waals surface area contributed by atoms with Crippen molar-refractivity contribution < 1.29 is 9.53 Å². The molecule has 5 nitrogen and oxygen atoms in total. The molecule has 0 saturated carbocycles. The summed E-state index contributed by atoms with van der Waals surface area (Å²) in [4.78, 5) is 23.5. The van der Waals surface area contributed by atoms with Crippen molar-refractivity contribution >= 4 is 16.9 Å². The van der Waals surface area contributed by atoms with E-state index in [4.69, 9.17) is 9.72 Å². The smallest absolute Gasteiger partial charge is 0.234 e. The normalized spacial score (nSPS) is 16.1. The second kappa shape index (κ2) is 6.21. The molecule has 3 aromatic carbocycles. The molecule has 1 N–H and O–H groups in total. The van der Waals surface area contributed by atoms with E-state index in [-0.39, 0.29) is 17.7 Å². The maximum absolute atomic E-state index is 13.5. The number of hydrogen-bond donors (Lipinski definition) is 1. The summed E-state index contributed by atoms with van der Waals surface area (Å²) < 4.78 is 6.03. The molecule has 3 heterocycles. The summed E-state index contributed by atoms with van der Waals surface area (Å²) >= 11 is 0. The van der Waals surface area contributed by atoms with E-state index in [9.17, 15) is 4.79 Å². The number of nitrogens with zero attached hydrogens (tertiary/aromatic N) is 2. The van der Waals surface area contributed by atoms with E-state index in [1.54, 1.807) is 0 Å². The zero-order valence-electron chi connectivity index (χ0n) is 15.7. The molecule has 4 aromatic rings. The number of fused-ring (bicyclic) bond motifs is 3. The van der Waals surface area contributed by atoms with E-state index in [1.807, 2.05) is 77.7 Å². The predicted octanol–water partition coefficient (Wildman–Crippen LogP) is 4.43. The molecule has 0 aliphatic carbocycles. The van der Waals surface area contributed by atoms with Crippen LogP contribution in [0, 0.1) is 0 Å². The molecule has 1 saturated heterocycles. The number of aromatic amines is 1. The molecule has 2 aliphatic rings. The maximum Gasteiger partial charge on any atom is 0.234 e. The molecule has 29 heavy (non-hydrogen) atoms. The predicted molar refractivity (Wildman–Crippen MR) is 110 cm³/mol. The van der Waals surface area contributed by atoms with Gasteiger partial charge in [-0.2, -0.15) is 0 Å². The number of ether oxygens (including phenoxy) is 1. The van der Waals surface area contributed by atoms with Gasteiger partial charge in [-0.15, -0.1) is 0 Å². The van der Waals surface area contributed by atoms with Gasteiger partial charge in [0.25, 0.3) is 0 Å². The third-order valence-corrected chi connectivity index (χ3v) is 5.91. The number of carbonyl (C=O) groups excluding carboxylic acids is 1. The second-order valence-corrected chi connectivity index (χ2v) is 7.69. The average Bonchev–Trinajstić information content (AvgIpc) is 3.14. The number of amides is 1. The number of rotatable bonds is 2. The number of hydrogen-bond acceptors (Lipinski definition) is 3. The van der Waals surface area contributed by atoms with Crippen LogP contribution in [0.4, 0.5) is 0 Å². The Bertz CT molecular complexity index is 1160. The van der Waals surface area contributed by atoms with Crippen LogP contribution < -0.4 is 4.74 Å². The third-order valence-electron chi connectivity index (χ3n) is 5.91. The van der Waals surface area contributed by atoms with Crippen LogP contribution in [0.2, 0.25) is 0 Å². The number of carbonyl (C=O) groups is 1. The van der Waals surface area contributed by atoms with Crippen LogP contribution in [0.3, 0.4) is 0 Å². The van der Waals surface area contributed by atoms with Gasteiger partial charge in [0.1, 0.15) is 17.3 Å². The van der Waals surface area contributed by atoms with E-state index >= 15 is 0 Å². The van der Waals surface area contributed by atoms with Crippen LogP contribution >= 0.6 is 0 Å². The lowest BCUT2D eigenvalue weighted by Gasteiger charge is -2.41. The summed E-state index contributed by atoms with van der Waals surface area (Å²) in [6.45, 7) is 1.36. The Kier molecular flexibility index (Phi) is 3.50. The van der Waals surface area contributed by atoms with E-state index in [0.29, 0.717) is 13.1 Å². The first kappa shape index (κ1) is 16.4. The molecule has 6 rings (SSSR count). The van der Waals surface area contributed by atoms with Gasteiger partial charge in [-0.1, -0.05) is 48.5 Å². The van der Waals surface area contributed by atoms with Gasteiger partial charge in [-0.05, 0) is 24.3 Å². The van der Waals surface area contributed by atoms with Crippen molar-refractivity contribution in [3.8, 4) is 11.5 Å². The number of imidazole rings is 1. The van der Waals surface area contributed by atoms with Gasteiger partial charge in [0, 0.05) is 24.2 Å². The molecule has 2 aliphatic heterocycles. The Balaban J connectivity index is 1.28. The first-order valence-corrected chi connectivity index (χ1v) is 9.87. The summed E-state index contributed by atoms with van der Waals surface area (Å²) in [6.07, 6.45) is 0. The van der Waals surface area contributed by atoms with Crippen molar-refractivity contribution in [2.24, 2.45) is 0 Å². The summed E-state index contributed by atoms with van der Waals surface area (Å²) in [5, 5.41) is 0. The van der Waals surface area contributed by atoms with E-state index in [0.717, 1.165) is 39.5 Å². The lowest BCUT2D eigenvalue weighted by molar-refractivity contribution is -0.136. The molecule has 142 valence electrons. The highest BCUT2D eigenvalue weighted by molar-refractivity contribution is 5.90. The Labute approximate surface area is 168 Å². The van der Waals surface area contributed by atoms with Crippen molar-refractivity contribution in [2.75, 3.05) is 13.1 Å². The monoisotopic (exact) mass is 381 g/mol. The van der Waals surface area contributed by atoms with E-state index < -0.39 is 0 Å². The number of aromatic nitrogens is 2. The minimum atomic E-state index is -0.326. The van der Waals surface area contributed by atoms with Gasteiger partial charge >= 0.3 is 0 Å². The molecule has 0 bridgehead atoms. The minimum absolute atomic E-state index is 0.126. The van der Waals surface area contributed by atoms with Crippen LogP contribution in [0.1, 0.15) is 28.8 Å². The van der Waals surface area contributed by atoms with Crippen LogP contribution in [0.15, 0.2) is 72.8 Å². The Hall–Kier alpha value is -3.60. The Morgan fingerprint density at radius 3 is 2.21 bits per heavy atom. The lowest BCUT2D eigenvalue weighted by Crippen LogP contribution is -2.50. The number of benzene rings is 3. The van der Waals surface area contributed by atoms with E-state index in [1.165, 1.54) is 0 Å². The Morgan fingerprint density at radius 2 is 1.52 bits per heavy atom. The van der Waals surface area contributed by atoms with Gasteiger partial charge in [-0.25, -0.2) is 4.98 Å². The van der Waals surface area contributed by atoms with E-state index in [2.05, 4.69) is 4.98 Å². The molecule has 1 fully saturated rings. The topological polar surface area (TPSA) is 58.2 Å². The average molecular weight is 381 g/mol. The fourth-order valence-electron chi connectivity index (χ4n) is 4.36. The number of para-hydroxylation sites is 4. The van der Waals surface area contributed by atoms with Crippen LogP contribution in [0.25, 0.3) is 11.0 Å². The highest BCUT2D eigenvalue weighted by Crippen LogP contribution is 2.45. The zero-order valence-corrected chi connectivity index (χ0v) is 15.7. The standard InChI is InChI=1S/C24H19N3O2/c28-24(27-13-15(14-27)23-25-18-9-3-4-10-19(18)26-23)22-16-7-1-5-11-20(16)29-21-12-6-2-8-17(21)22/h1-12,15,22H,13-14H2,(H,25,26). The van der Waals surface area contributed by atoms with Gasteiger partial charge < -0.3 is 14.6 Å². The summed E-state index contributed by atoms with van der Waals surface area (Å²) in [5.41, 5.74) is 3.88. The molecular formula is C24H19N3O2. The molecular weight excluding hydrogens is 362 g/mol. The van der Waals surface area contributed by atoms with Crippen molar-refractivity contribution in [3.63, 3.8) is 0 Å². The summed E-state index contributed by atoms with van der Waals surface area (Å²) in [7, 11) is 0. The summed E-state index contributed by atoms with van der Waals surface area (Å²) in [6, 6.07) is 23.7. The molecule has 0 atom stereocenters. The SMILES string of the molecule is O=C(C1c2ccccc2Oc2ccccc21)N1CC(c2nc3ccccc3[nH]2)C1. The number of nitrogens with one attached hydrogen (secondary N) is 1. The fraction of sp³-hybridized carbons (Fsp3) is 0.167. The van der Waals surface area contributed by atoms with Crippen LogP contribution in [-0.4, -0.2) is 33.9 Å². The molecule has 0 radical (unpaired) electrons. The maximum atomic E-state index is 13.5. The molecule has 0 unspecified atom stereocenters. The number of H-pyrrole nitrogens is 1. The quantitative estimate of drug-likeness (QED) is 0.559. The highest BCUT2D eigenvalue weighted by Gasteiger charge is 2.40. The molecule has 1 aromatic heterocycles. The molecule has 0 spiro atoms.